The van der Waals surface area contributed by atoms with Gasteiger partial charge in [-0.3, -0.25) is 4.79 Å². The Morgan fingerprint density at radius 3 is 3.00 bits per heavy atom. The number of piperazine rings is 1. The Balaban J connectivity index is 2.16. The molecule has 3 nitrogen and oxygen atoms in total. The number of carbonyl (C=O) groups excluding carboxylic acids is 1. The minimum absolute atomic E-state index is 0.283. The second-order valence-corrected chi connectivity index (χ2v) is 3.96. The third kappa shape index (κ3) is 2.18. The Bertz CT molecular complexity index is 351. The van der Waals surface area contributed by atoms with E-state index in [1.165, 1.54) is 11.1 Å². The number of amides is 1. The molecule has 15 heavy (non-hydrogen) atoms. The Hall–Kier alpha value is -1.35. The van der Waals surface area contributed by atoms with Crippen molar-refractivity contribution < 1.29 is 4.79 Å². The highest BCUT2D eigenvalue weighted by Crippen LogP contribution is 2.19. The van der Waals surface area contributed by atoms with Gasteiger partial charge in [-0.05, 0) is 18.1 Å². The van der Waals surface area contributed by atoms with E-state index in [4.69, 9.17) is 0 Å². The molecule has 1 amide bonds. The van der Waals surface area contributed by atoms with Crippen LogP contribution >= 0.6 is 0 Å². The van der Waals surface area contributed by atoms with E-state index in [9.17, 15) is 4.79 Å². The zero-order valence-electron chi connectivity index (χ0n) is 8.94. The van der Waals surface area contributed by atoms with E-state index in [-0.39, 0.29) is 6.04 Å². The zero-order valence-corrected chi connectivity index (χ0v) is 8.94. The van der Waals surface area contributed by atoms with E-state index in [0.29, 0.717) is 0 Å². The quantitative estimate of drug-likeness (QED) is 0.732. The minimum Gasteiger partial charge on any atom is -0.342 e. The molecule has 1 saturated heterocycles. The molecule has 1 aromatic rings. The molecule has 0 aromatic heterocycles. The van der Waals surface area contributed by atoms with Gasteiger partial charge in [0.2, 0.25) is 6.41 Å². The third-order valence-corrected chi connectivity index (χ3v) is 2.92. The monoisotopic (exact) mass is 204 g/mol. The topological polar surface area (TPSA) is 32.3 Å². The average molecular weight is 204 g/mol. The molecule has 1 N–H and O–H groups in total. The summed E-state index contributed by atoms with van der Waals surface area (Å²) in [6.45, 7) is 4.56. The van der Waals surface area contributed by atoms with Crippen molar-refractivity contribution >= 4 is 6.41 Å². The molecule has 3 heteroatoms. The van der Waals surface area contributed by atoms with Gasteiger partial charge in [-0.25, -0.2) is 0 Å². The van der Waals surface area contributed by atoms with E-state index in [1.54, 1.807) is 0 Å². The molecule has 0 spiro atoms. The van der Waals surface area contributed by atoms with Crippen molar-refractivity contribution in [1.82, 2.24) is 10.2 Å². The molecule has 0 bridgehead atoms. The lowest BCUT2D eigenvalue weighted by Gasteiger charge is -2.32. The summed E-state index contributed by atoms with van der Waals surface area (Å²) in [5.74, 6) is 0. The fraction of sp³-hybridized carbons (Fsp3) is 0.417. The third-order valence-electron chi connectivity index (χ3n) is 2.92. The fourth-order valence-electron chi connectivity index (χ4n) is 2.05. The second kappa shape index (κ2) is 4.45. The Morgan fingerprint density at radius 2 is 2.27 bits per heavy atom. The maximum Gasteiger partial charge on any atom is 0.209 e. The molecule has 1 aliphatic rings. The predicted molar refractivity (Wildman–Crippen MR) is 59.6 cm³/mol. The van der Waals surface area contributed by atoms with Crippen molar-refractivity contribution in [2.75, 3.05) is 19.6 Å². The Labute approximate surface area is 90.1 Å². The van der Waals surface area contributed by atoms with Gasteiger partial charge in [-0.2, -0.15) is 0 Å². The smallest absolute Gasteiger partial charge is 0.209 e. The van der Waals surface area contributed by atoms with Crippen LogP contribution in [0.1, 0.15) is 17.2 Å². The van der Waals surface area contributed by atoms with Gasteiger partial charge in [0.1, 0.15) is 0 Å². The SMILES string of the molecule is Cc1ccccc1C1CN(C=O)CCN1. The Morgan fingerprint density at radius 1 is 1.47 bits per heavy atom. The molecule has 1 fully saturated rings. The zero-order chi connectivity index (χ0) is 10.7. The molecule has 1 aromatic carbocycles. The highest BCUT2D eigenvalue weighted by molar-refractivity contribution is 5.47. The predicted octanol–water partition coefficient (Wildman–Crippen LogP) is 1.10. The molecule has 0 saturated carbocycles. The number of nitrogens with one attached hydrogen (secondary N) is 1. The first-order chi connectivity index (χ1) is 7.31. The van der Waals surface area contributed by atoms with Crippen molar-refractivity contribution in [3.05, 3.63) is 35.4 Å². The van der Waals surface area contributed by atoms with Gasteiger partial charge in [-0.15, -0.1) is 0 Å². The van der Waals surface area contributed by atoms with Gasteiger partial charge in [0, 0.05) is 19.6 Å². The standard InChI is InChI=1S/C12H16N2O/c1-10-4-2-3-5-11(10)12-8-14(9-15)7-6-13-12/h2-5,9,12-13H,6-8H2,1H3. The molecular weight excluding hydrogens is 188 g/mol. The fourth-order valence-corrected chi connectivity index (χ4v) is 2.05. The highest BCUT2D eigenvalue weighted by Gasteiger charge is 2.20. The van der Waals surface area contributed by atoms with Crippen molar-refractivity contribution in [2.45, 2.75) is 13.0 Å². The summed E-state index contributed by atoms with van der Waals surface area (Å²) in [6.07, 6.45) is 0.937. The maximum atomic E-state index is 10.7. The number of hydrogen-bond donors (Lipinski definition) is 1. The summed E-state index contributed by atoms with van der Waals surface area (Å²) in [6, 6.07) is 8.60. The van der Waals surface area contributed by atoms with Gasteiger partial charge in [0.05, 0.1) is 6.04 Å². The molecule has 2 rings (SSSR count). The van der Waals surface area contributed by atoms with Crippen LogP contribution in [0.2, 0.25) is 0 Å². The van der Waals surface area contributed by atoms with Crippen LogP contribution in [0, 0.1) is 6.92 Å². The van der Waals surface area contributed by atoms with Crippen LogP contribution in [-0.4, -0.2) is 30.9 Å². The average Bonchev–Trinajstić information content (AvgIpc) is 2.30. The summed E-state index contributed by atoms with van der Waals surface area (Å²) < 4.78 is 0. The Kier molecular flexibility index (Phi) is 3.02. The van der Waals surface area contributed by atoms with Crippen molar-refractivity contribution in [3.8, 4) is 0 Å². The summed E-state index contributed by atoms with van der Waals surface area (Å²) in [7, 11) is 0. The molecule has 1 unspecified atom stereocenters. The largest absolute Gasteiger partial charge is 0.342 e. The summed E-state index contributed by atoms with van der Waals surface area (Å²) in [5, 5.41) is 3.44. The number of hydrogen-bond acceptors (Lipinski definition) is 2. The van der Waals surface area contributed by atoms with Gasteiger partial charge >= 0.3 is 0 Å². The van der Waals surface area contributed by atoms with Gasteiger partial charge < -0.3 is 10.2 Å². The number of benzene rings is 1. The minimum atomic E-state index is 0.283. The first kappa shape index (κ1) is 10.2. The van der Waals surface area contributed by atoms with E-state index < -0.39 is 0 Å². The number of carbonyl (C=O) groups is 1. The van der Waals surface area contributed by atoms with Crippen LogP contribution in [0.3, 0.4) is 0 Å². The molecule has 0 aliphatic carbocycles. The van der Waals surface area contributed by atoms with Gasteiger partial charge in [0.15, 0.2) is 0 Å². The normalized spacial score (nSPS) is 21.4. The molecular formula is C12H16N2O. The number of aryl methyl sites for hydroxylation is 1. The van der Waals surface area contributed by atoms with Crippen LogP contribution in [0.25, 0.3) is 0 Å². The van der Waals surface area contributed by atoms with Crippen LogP contribution in [0.15, 0.2) is 24.3 Å². The molecule has 1 atom stereocenters. The molecule has 80 valence electrons. The first-order valence-electron chi connectivity index (χ1n) is 5.29. The number of rotatable bonds is 2. The van der Waals surface area contributed by atoms with Crippen molar-refractivity contribution in [1.29, 1.82) is 0 Å². The van der Waals surface area contributed by atoms with E-state index >= 15 is 0 Å². The van der Waals surface area contributed by atoms with E-state index in [0.717, 1.165) is 26.0 Å². The van der Waals surface area contributed by atoms with E-state index in [2.05, 4.69) is 24.4 Å². The van der Waals surface area contributed by atoms with Crippen molar-refractivity contribution in [3.63, 3.8) is 0 Å². The molecule has 1 aliphatic heterocycles. The first-order valence-corrected chi connectivity index (χ1v) is 5.29. The summed E-state index contributed by atoms with van der Waals surface area (Å²) >= 11 is 0. The van der Waals surface area contributed by atoms with Gasteiger partial charge in [-0.1, -0.05) is 24.3 Å². The van der Waals surface area contributed by atoms with E-state index in [1.807, 2.05) is 17.0 Å². The van der Waals surface area contributed by atoms with Crippen LogP contribution in [0.4, 0.5) is 0 Å². The van der Waals surface area contributed by atoms with Crippen LogP contribution in [-0.2, 0) is 4.79 Å². The lowest BCUT2D eigenvalue weighted by Crippen LogP contribution is -2.45. The highest BCUT2D eigenvalue weighted by atomic mass is 16.1. The second-order valence-electron chi connectivity index (χ2n) is 3.96. The summed E-state index contributed by atoms with van der Waals surface area (Å²) in [4.78, 5) is 12.5. The molecule has 0 radical (unpaired) electrons. The van der Waals surface area contributed by atoms with Gasteiger partial charge in [0.25, 0.3) is 0 Å². The maximum absolute atomic E-state index is 10.7. The van der Waals surface area contributed by atoms with Crippen LogP contribution in [0.5, 0.6) is 0 Å². The van der Waals surface area contributed by atoms with Crippen LogP contribution < -0.4 is 5.32 Å². The summed E-state index contributed by atoms with van der Waals surface area (Å²) in [5.41, 5.74) is 2.58. The lowest BCUT2D eigenvalue weighted by molar-refractivity contribution is -0.119. The number of nitrogens with zero attached hydrogens (tertiary/aromatic N) is 1. The van der Waals surface area contributed by atoms with Crippen molar-refractivity contribution in [2.24, 2.45) is 0 Å². The molecule has 1 heterocycles. The lowest BCUT2D eigenvalue weighted by atomic mass is 10.00.